The van der Waals surface area contributed by atoms with E-state index in [-0.39, 0.29) is 18.3 Å². The van der Waals surface area contributed by atoms with Crippen molar-refractivity contribution in [2.45, 2.75) is 6.92 Å². The number of anilines is 3. The van der Waals surface area contributed by atoms with E-state index in [1.54, 1.807) is 36.4 Å². The van der Waals surface area contributed by atoms with Crippen molar-refractivity contribution in [1.82, 2.24) is 0 Å². The van der Waals surface area contributed by atoms with E-state index in [9.17, 15) is 9.18 Å². The lowest BCUT2D eigenvalue weighted by molar-refractivity contribution is -0.118. The van der Waals surface area contributed by atoms with Gasteiger partial charge in [0.2, 0.25) is 0 Å². The van der Waals surface area contributed by atoms with Gasteiger partial charge in [0.1, 0.15) is 11.6 Å². The maximum absolute atomic E-state index is 13.2. The van der Waals surface area contributed by atoms with Gasteiger partial charge < -0.3 is 15.4 Å². The Hall–Kier alpha value is -3.34. The van der Waals surface area contributed by atoms with Gasteiger partial charge in [-0.25, -0.2) is 4.39 Å². The molecule has 132 valence electrons. The van der Waals surface area contributed by atoms with Gasteiger partial charge in [0, 0.05) is 17.1 Å². The van der Waals surface area contributed by atoms with Crippen LogP contribution in [0.2, 0.25) is 0 Å². The van der Waals surface area contributed by atoms with Crippen molar-refractivity contribution in [2.24, 2.45) is 0 Å². The molecule has 1 amide bonds. The van der Waals surface area contributed by atoms with Gasteiger partial charge in [0.25, 0.3) is 5.91 Å². The molecule has 4 nitrogen and oxygen atoms in total. The lowest BCUT2D eigenvalue weighted by Gasteiger charge is -2.10. The van der Waals surface area contributed by atoms with Crippen LogP contribution in [-0.4, -0.2) is 12.5 Å². The van der Waals surface area contributed by atoms with E-state index in [4.69, 9.17) is 4.74 Å². The number of rotatable bonds is 6. The molecule has 0 spiro atoms. The predicted octanol–water partition coefficient (Wildman–Crippen LogP) is 4.90. The van der Waals surface area contributed by atoms with E-state index in [0.717, 1.165) is 11.3 Å². The highest BCUT2D eigenvalue weighted by molar-refractivity contribution is 5.92. The summed E-state index contributed by atoms with van der Waals surface area (Å²) in [4.78, 5) is 12.0. The third kappa shape index (κ3) is 5.08. The lowest BCUT2D eigenvalue weighted by Crippen LogP contribution is -2.20. The van der Waals surface area contributed by atoms with E-state index in [0.29, 0.717) is 17.1 Å². The number of carbonyl (C=O) groups is 1. The zero-order chi connectivity index (χ0) is 18.4. The van der Waals surface area contributed by atoms with Crippen molar-refractivity contribution < 1.29 is 13.9 Å². The number of aryl methyl sites for hydroxylation is 1. The molecular formula is C21H19FN2O2. The van der Waals surface area contributed by atoms with Gasteiger partial charge in [0.05, 0.1) is 0 Å². The van der Waals surface area contributed by atoms with Crippen LogP contribution in [0.5, 0.6) is 5.75 Å². The highest BCUT2D eigenvalue weighted by Gasteiger charge is 2.04. The molecule has 26 heavy (non-hydrogen) atoms. The molecule has 0 fully saturated rings. The summed E-state index contributed by atoms with van der Waals surface area (Å²) < 4.78 is 18.6. The first-order valence-corrected chi connectivity index (χ1v) is 8.20. The first-order valence-electron chi connectivity index (χ1n) is 8.20. The molecule has 3 aromatic rings. The second kappa shape index (κ2) is 8.16. The normalized spacial score (nSPS) is 10.2. The molecule has 0 saturated carbocycles. The zero-order valence-electron chi connectivity index (χ0n) is 14.3. The van der Waals surface area contributed by atoms with Crippen LogP contribution >= 0.6 is 0 Å². The lowest BCUT2D eigenvalue weighted by atomic mass is 10.2. The summed E-state index contributed by atoms with van der Waals surface area (Å²) in [6.07, 6.45) is 0. The van der Waals surface area contributed by atoms with Crippen LogP contribution in [0.3, 0.4) is 0 Å². The highest BCUT2D eigenvalue weighted by Crippen LogP contribution is 2.19. The van der Waals surface area contributed by atoms with Crippen molar-refractivity contribution in [1.29, 1.82) is 0 Å². The number of halogens is 1. The molecule has 0 unspecified atom stereocenters. The number of hydrogen-bond acceptors (Lipinski definition) is 3. The number of nitrogens with one attached hydrogen (secondary N) is 2. The quantitative estimate of drug-likeness (QED) is 0.665. The van der Waals surface area contributed by atoms with Crippen LogP contribution < -0.4 is 15.4 Å². The van der Waals surface area contributed by atoms with Gasteiger partial charge in [0.15, 0.2) is 6.61 Å². The van der Waals surface area contributed by atoms with Gasteiger partial charge in [-0.15, -0.1) is 0 Å². The van der Waals surface area contributed by atoms with Gasteiger partial charge in [-0.05, 0) is 61.5 Å². The minimum atomic E-state index is -0.299. The summed E-state index contributed by atoms with van der Waals surface area (Å²) in [5, 5.41) is 5.87. The van der Waals surface area contributed by atoms with E-state index in [1.165, 1.54) is 12.1 Å². The average molecular weight is 350 g/mol. The Morgan fingerprint density at radius 2 is 1.62 bits per heavy atom. The summed E-state index contributed by atoms with van der Waals surface area (Å²) >= 11 is 0. The Morgan fingerprint density at radius 3 is 2.31 bits per heavy atom. The molecule has 0 radical (unpaired) electrons. The van der Waals surface area contributed by atoms with Gasteiger partial charge in [-0.3, -0.25) is 4.79 Å². The van der Waals surface area contributed by atoms with Crippen LogP contribution in [0, 0.1) is 12.7 Å². The maximum atomic E-state index is 13.2. The second-order valence-corrected chi connectivity index (χ2v) is 5.86. The molecule has 0 aliphatic rings. The summed E-state index contributed by atoms with van der Waals surface area (Å²) in [6.45, 7) is 1.93. The fourth-order valence-electron chi connectivity index (χ4n) is 2.35. The Labute approximate surface area is 151 Å². The second-order valence-electron chi connectivity index (χ2n) is 5.86. The topological polar surface area (TPSA) is 50.4 Å². The molecule has 3 aromatic carbocycles. The molecule has 0 heterocycles. The Kier molecular flexibility index (Phi) is 5.49. The zero-order valence-corrected chi connectivity index (χ0v) is 14.3. The summed E-state index contributed by atoms with van der Waals surface area (Å²) in [5.41, 5.74) is 3.25. The SMILES string of the molecule is Cc1ccc(OCC(=O)Nc2ccc(Nc3cccc(F)c3)cc2)cc1. The minimum Gasteiger partial charge on any atom is -0.484 e. The molecule has 2 N–H and O–H groups in total. The summed E-state index contributed by atoms with van der Waals surface area (Å²) in [7, 11) is 0. The van der Waals surface area contributed by atoms with E-state index < -0.39 is 0 Å². The van der Waals surface area contributed by atoms with Crippen molar-refractivity contribution in [3.63, 3.8) is 0 Å². The number of amides is 1. The largest absolute Gasteiger partial charge is 0.484 e. The van der Waals surface area contributed by atoms with Crippen LogP contribution in [-0.2, 0) is 4.79 Å². The summed E-state index contributed by atoms with van der Waals surface area (Å²) in [5.74, 6) is 0.115. The monoisotopic (exact) mass is 350 g/mol. The molecule has 0 aliphatic heterocycles. The fraction of sp³-hybridized carbons (Fsp3) is 0.0952. The van der Waals surface area contributed by atoms with Gasteiger partial charge in [-0.2, -0.15) is 0 Å². The Bertz CT molecular complexity index is 877. The molecule has 0 bridgehead atoms. The first kappa shape index (κ1) is 17.5. The fourth-order valence-corrected chi connectivity index (χ4v) is 2.35. The first-order chi connectivity index (χ1) is 12.6. The molecular weight excluding hydrogens is 331 g/mol. The van der Waals surface area contributed by atoms with E-state index in [2.05, 4.69) is 10.6 Å². The molecule has 0 atom stereocenters. The van der Waals surface area contributed by atoms with Crippen molar-refractivity contribution >= 4 is 23.0 Å². The highest BCUT2D eigenvalue weighted by atomic mass is 19.1. The Morgan fingerprint density at radius 1 is 0.923 bits per heavy atom. The Balaban J connectivity index is 1.51. The van der Waals surface area contributed by atoms with Crippen molar-refractivity contribution in [3.05, 3.63) is 84.2 Å². The molecule has 0 saturated heterocycles. The molecule has 5 heteroatoms. The predicted molar refractivity (Wildman–Crippen MR) is 101 cm³/mol. The average Bonchev–Trinajstić information content (AvgIpc) is 2.63. The van der Waals surface area contributed by atoms with Gasteiger partial charge in [-0.1, -0.05) is 23.8 Å². The third-order valence-corrected chi connectivity index (χ3v) is 3.67. The van der Waals surface area contributed by atoms with Crippen molar-refractivity contribution in [2.75, 3.05) is 17.2 Å². The minimum absolute atomic E-state index is 0.0631. The smallest absolute Gasteiger partial charge is 0.262 e. The number of carbonyl (C=O) groups excluding carboxylic acids is 1. The standard InChI is InChI=1S/C21H19FN2O2/c1-15-5-11-20(12-6-15)26-14-21(25)24-18-9-7-17(8-10-18)23-19-4-2-3-16(22)13-19/h2-13,23H,14H2,1H3,(H,24,25). The van der Waals surface area contributed by atoms with Crippen LogP contribution in [0.15, 0.2) is 72.8 Å². The van der Waals surface area contributed by atoms with Crippen LogP contribution in [0.1, 0.15) is 5.56 Å². The maximum Gasteiger partial charge on any atom is 0.262 e. The number of hydrogen-bond donors (Lipinski definition) is 2. The van der Waals surface area contributed by atoms with E-state index in [1.807, 2.05) is 31.2 Å². The molecule has 0 aromatic heterocycles. The third-order valence-electron chi connectivity index (χ3n) is 3.67. The summed E-state index contributed by atoms with van der Waals surface area (Å²) in [6, 6.07) is 20.9. The van der Waals surface area contributed by atoms with Gasteiger partial charge >= 0.3 is 0 Å². The van der Waals surface area contributed by atoms with Crippen molar-refractivity contribution in [3.8, 4) is 5.75 Å². The van der Waals surface area contributed by atoms with E-state index >= 15 is 0 Å². The van der Waals surface area contributed by atoms with Crippen LogP contribution in [0.25, 0.3) is 0 Å². The van der Waals surface area contributed by atoms with Crippen LogP contribution in [0.4, 0.5) is 21.5 Å². The number of benzene rings is 3. The molecule has 3 rings (SSSR count). The molecule has 0 aliphatic carbocycles. The number of ether oxygens (including phenoxy) is 1.